The molecule has 1 saturated carbocycles. The van der Waals surface area contributed by atoms with Crippen molar-refractivity contribution in [2.45, 2.75) is 37.8 Å². The third kappa shape index (κ3) is 3.35. The van der Waals surface area contributed by atoms with Crippen molar-refractivity contribution in [1.29, 1.82) is 0 Å². The highest BCUT2D eigenvalue weighted by Gasteiger charge is 2.30. The van der Waals surface area contributed by atoms with Gasteiger partial charge < -0.3 is 15.5 Å². The van der Waals surface area contributed by atoms with E-state index in [-0.39, 0.29) is 5.75 Å². The maximum atomic E-state index is 10.1. The van der Waals surface area contributed by atoms with Crippen molar-refractivity contribution in [3.63, 3.8) is 0 Å². The van der Waals surface area contributed by atoms with Gasteiger partial charge in [-0.3, -0.25) is 0 Å². The first-order chi connectivity index (χ1) is 8.09. The molecule has 1 aromatic carbocycles. The zero-order chi connectivity index (χ0) is 12.3. The number of rotatable bonds is 4. The smallest absolute Gasteiger partial charge is 0.134 e. The molecular formula is C13H18ClNO2. The fourth-order valence-electron chi connectivity index (χ4n) is 2.31. The van der Waals surface area contributed by atoms with Crippen LogP contribution in [0, 0.1) is 0 Å². The Hall–Kier alpha value is -0.770. The number of phenolic OH excluding ortho intramolecular Hbond substituents is 1. The van der Waals surface area contributed by atoms with E-state index in [0.29, 0.717) is 18.1 Å². The second-order valence-electron chi connectivity index (χ2n) is 4.82. The predicted octanol–water partition coefficient (Wildman–Crippen LogP) is 2.44. The predicted molar refractivity (Wildman–Crippen MR) is 68.2 cm³/mol. The molecule has 0 unspecified atom stereocenters. The second-order valence-corrected chi connectivity index (χ2v) is 5.23. The van der Waals surface area contributed by atoms with Crippen LogP contribution in [0.1, 0.15) is 31.2 Å². The number of aromatic hydroxyl groups is 1. The van der Waals surface area contributed by atoms with Crippen LogP contribution in [0.2, 0.25) is 5.02 Å². The molecule has 0 amide bonds. The normalized spacial score (nSPS) is 18.5. The van der Waals surface area contributed by atoms with E-state index in [0.717, 1.165) is 31.2 Å². The standard InChI is InChI=1S/C13H18ClNO2/c14-11-7-10(3-4-12(11)16)8-15-9-13(17)5-1-2-6-13/h3-4,7,15-17H,1-2,5-6,8-9H2. The largest absolute Gasteiger partial charge is 0.506 e. The van der Waals surface area contributed by atoms with E-state index in [4.69, 9.17) is 11.6 Å². The number of hydrogen-bond donors (Lipinski definition) is 3. The van der Waals surface area contributed by atoms with Gasteiger partial charge in [-0.25, -0.2) is 0 Å². The molecule has 0 saturated heterocycles. The number of halogens is 1. The van der Waals surface area contributed by atoms with Gasteiger partial charge in [-0.05, 0) is 30.5 Å². The lowest BCUT2D eigenvalue weighted by atomic mass is 10.0. The van der Waals surface area contributed by atoms with E-state index < -0.39 is 5.60 Å². The molecule has 1 aromatic rings. The molecule has 3 nitrogen and oxygen atoms in total. The SMILES string of the molecule is Oc1ccc(CNCC2(O)CCCC2)cc1Cl. The number of hydrogen-bond acceptors (Lipinski definition) is 3. The second kappa shape index (κ2) is 5.25. The summed E-state index contributed by atoms with van der Waals surface area (Å²) in [5.41, 5.74) is 0.482. The minimum absolute atomic E-state index is 0.102. The molecule has 0 aliphatic heterocycles. The highest BCUT2D eigenvalue weighted by atomic mass is 35.5. The van der Waals surface area contributed by atoms with Crippen molar-refractivity contribution in [1.82, 2.24) is 5.32 Å². The van der Waals surface area contributed by atoms with Gasteiger partial charge in [-0.15, -0.1) is 0 Å². The molecule has 1 fully saturated rings. The van der Waals surface area contributed by atoms with E-state index in [1.165, 1.54) is 0 Å². The van der Waals surface area contributed by atoms with Crippen molar-refractivity contribution >= 4 is 11.6 Å². The third-order valence-electron chi connectivity index (χ3n) is 3.33. The topological polar surface area (TPSA) is 52.5 Å². The van der Waals surface area contributed by atoms with Gasteiger partial charge in [0.15, 0.2) is 0 Å². The monoisotopic (exact) mass is 255 g/mol. The van der Waals surface area contributed by atoms with Crippen LogP contribution in [0.15, 0.2) is 18.2 Å². The summed E-state index contributed by atoms with van der Waals surface area (Å²) in [6.07, 6.45) is 4.00. The lowest BCUT2D eigenvalue weighted by Gasteiger charge is -2.22. The Morgan fingerprint density at radius 2 is 2.00 bits per heavy atom. The zero-order valence-electron chi connectivity index (χ0n) is 9.75. The molecule has 0 spiro atoms. The maximum absolute atomic E-state index is 10.1. The lowest BCUT2D eigenvalue weighted by molar-refractivity contribution is 0.0475. The highest BCUT2D eigenvalue weighted by molar-refractivity contribution is 6.32. The molecule has 94 valence electrons. The molecule has 2 rings (SSSR count). The summed E-state index contributed by atoms with van der Waals surface area (Å²) in [4.78, 5) is 0. The molecule has 0 radical (unpaired) electrons. The number of nitrogens with one attached hydrogen (secondary N) is 1. The molecule has 4 heteroatoms. The number of aliphatic hydroxyl groups is 1. The minimum atomic E-state index is -0.527. The fourth-order valence-corrected chi connectivity index (χ4v) is 2.51. The van der Waals surface area contributed by atoms with Gasteiger partial charge >= 0.3 is 0 Å². The van der Waals surface area contributed by atoms with Crippen LogP contribution >= 0.6 is 11.6 Å². The van der Waals surface area contributed by atoms with Crippen molar-refractivity contribution in [2.75, 3.05) is 6.54 Å². The van der Waals surface area contributed by atoms with Crippen LogP contribution in [0.4, 0.5) is 0 Å². The summed E-state index contributed by atoms with van der Waals surface area (Å²) >= 11 is 5.82. The van der Waals surface area contributed by atoms with Gasteiger partial charge in [-0.2, -0.15) is 0 Å². The third-order valence-corrected chi connectivity index (χ3v) is 3.63. The van der Waals surface area contributed by atoms with Crippen LogP contribution in [0.25, 0.3) is 0 Å². The summed E-state index contributed by atoms with van der Waals surface area (Å²) in [6, 6.07) is 5.15. The maximum Gasteiger partial charge on any atom is 0.134 e. The Kier molecular flexibility index (Phi) is 3.92. The summed E-state index contributed by atoms with van der Waals surface area (Å²) in [5, 5.41) is 23.0. The van der Waals surface area contributed by atoms with Gasteiger partial charge in [0.2, 0.25) is 0 Å². The van der Waals surface area contributed by atoms with Gasteiger partial charge in [0.1, 0.15) is 5.75 Å². The van der Waals surface area contributed by atoms with E-state index >= 15 is 0 Å². The molecular weight excluding hydrogens is 238 g/mol. The van der Waals surface area contributed by atoms with Crippen LogP contribution in [0.5, 0.6) is 5.75 Å². The molecule has 0 heterocycles. The quantitative estimate of drug-likeness (QED) is 0.775. The van der Waals surface area contributed by atoms with Gasteiger partial charge in [0, 0.05) is 13.1 Å². The van der Waals surface area contributed by atoms with Gasteiger partial charge in [-0.1, -0.05) is 30.5 Å². The highest BCUT2D eigenvalue weighted by Crippen LogP contribution is 2.29. The van der Waals surface area contributed by atoms with Crippen molar-refractivity contribution < 1.29 is 10.2 Å². The van der Waals surface area contributed by atoms with Gasteiger partial charge in [0.25, 0.3) is 0 Å². The summed E-state index contributed by atoms with van der Waals surface area (Å²) in [6.45, 7) is 1.27. The average Bonchev–Trinajstić information content (AvgIpc) is 2.71. The number of phenols is 1. The first-order valence-corrected chi connectivity index (χ1v) is 6.37. The van der Waals surface area contributed by atoms with E-state index in [9.17, 15) is 10.2 Å². The molecule has 0 bridgehead atoms. The molecule has 1 aliphatic rings. The lowest BCUT2D eigenvalue weighted by Crippen LogP contribution is -2.37. The minimum Gasteiger partial charge on any atom is -0.506 e. The number of benzene rings is 1. The Balaban J connectivity index is 1.83. The Labute approximate surface area is 106 Å². The summed E-state index contributed by atoms with van der Waals surface area (Å²) in [5.74, 6) is 0.102. The van der Waals surface area contributed by atoms with E-state index in [2.05, 4.69) is 5.32 Å². The van der Waals surface area contributed by atoms with Crippen LogP contribution in [0.3, 0.4) is 0 Å². The molecule has 0 atom stereocenters. The van der Waals surface area contributed by atoms with Crippen molar-refractivity contribution in [3.8, 4) is 5.75 Å². The van der Waals surface area contributed by atoms with Crippen LogP contribution in [-0.4, -0.2) is 22.4 Å². The Morgan fingerprint density at radius 3 is 2.65 bits per heavy atom. The zero-order valence-corrected chi connectivity index (χ0v) is 10.5. The van der Waals surface area contributed by atoms with Gasteiger partial charge in [0.05, 0.1) is 10.6 Å². The first-order valence-electron chi connectivity index (χ1n) is 6.00. The van der Waals surface area contributed by atoms with Crippen LogP contribution in [-0.2, 0) is 6.54 Å². The van der Waals surface area contributed by atoms with Crippen molar-refractivity contribution in [2.24, 2.45) is 0 Å². The average molecular weight is 256 g/mol. The van der Waals surface area contributed by atoms with Crippen LogP contribution < -0.4 is 5.32 Å². The summed E-state index contributed by atoms with van der Waals surface area (Å²) in [7, 11) is 0. The molecule has 3 N–H and O–H groups in total. The summed E-state index contributed by atoms with van der Waals surface area (Å²) < 4.78 is 0. The Morgan fingerprint density at radius 1 is 1.29 bits per heavy atom. The van der Waals surface area contributed by atoms with E-state index in [1.54, 1.807) is 12.1 Å². The molecule has 17 heavy (non-hydrogen) atoms. The van der Waals surface area contributed by atoms with E-state index in [1.807, 2.05) is 6.07 Å². The first kappa shape index (κ1) is 12.7. The van der Waals surface area contributed by atoms with Crippen molar-refractivity contribution in [3.05, 3.63) is 28.8 Å². The fraction of sp³-hybridized carbons (Fsp3) is 0.538. The Bertz CT molecular complexity index is 389. The molecule has 1 aliphatic carbocycles. The molecule has 0 aromatic heterocycles.